The maximum absolute atomic E-state index is 13.1. The van der Waals surface area contributed by atoms with Gasteiger partial charge in [0.05, 0.1) is 19.2 Å². The lowest BCUT2D eigenvalue weighted by Crippen LogP contribution is -2.34. The summed E-state index contributed by atoms with van der Waals surface area (Å²) in [7, 11) is 7.25. The first-order valence-electron chi connectivity index (χ1n) is 10.9. The van der Waals surface area contributed by atoms with E-state index in [9.17, 15) is 4.79 Å². The SMILES string of the molecule is COCCN(Cc1cc2ccc(OC)cc2nc1N(C)C)C(=O)CCc1ccc(C)cc1. The minimum Gasteiger partial charge on any atom is -0.497 e. The lowest BCUT2D eigenvalue weighted by atomic mass is 10.1. The van der Waals surface area contributed by atoms with Crippen molar-refractivity contribution in [3.05, 3.63) is 65.2 Å². The molecule has 3 rings (SSSR count). The molecule has 0 aliphatic rings. The second-order valence-electron chi connectivity index (χ2n) is 8.22. The third kappa shape index (κ3) is 5.98. The molecule has 170 valence electrons. The highest BCUT2D eigenvalue weighted by molar-refractivity contribution is 5.83. The summed E-state index contributed by atoms with van der Waals surface area (Å²) in [6, 6.07) is 16.3. The van der Waals surface area contributed by atoms with Gasteiger partial charge in [0, 0.05) is 57.7 Å². The zero-order valence-electron chi connectivity index (χ0n) is 19.7. The average Bonchev–Trinajstić information content (AvgIpc) is 2.80. The van der Waals surface area contributed by atoms with E-state index in [1.807, 2.05) is 42.1 Å². The number of methoxy groups -OCH3 is 2. The number of anilines is 1. The second-order valence-corrected chi connectivity index (χ2v) is 8.22. The van der Waals surface area contributed by atoms with E-state index in [1.54, 1.807) is 14.2 Å². The van der Waals surface area contributed by atoms with Gasteiger partial charge in [-0.25, -0.2) is 4.98 Å². The van der Waals surface area contributed by atoms with Crippen LogP contribution in [0.25, 0.3) is 10.9 Å². The Bertz CT molecular complexity index is 1050. The number of hydrogen-bond acceptors (Lipinski definition) is 5. The summed E-state index contributed by atoms with van der Waals surface area (Å²) in [5, 5.41) is 1.02. The van der Waals surface area contributed by atoms with E-state index in [0.717, 1.165) is 34.5 Å². The number of carbonyl (C=O) groups is 1. The second kappa shape index (κ2) is 11.0. The molecule has 6 heteroatoms. The number of aryl methyl sites for hydroxylation is 2. The molecule has 0 bridgehead atoms. The molecule has 0 atom stereocenters. The topological polar surface area (TPSA) is 54.9 Å². The fraction of sp³-hybridized carbons (Fsp3) is 0.385. The summed E-state index contributed by atoms with van der Waals surface area (Å²) in [5.41, 5.74) is 4.27. The predicted octanol–water partition coefficient (Wildman–Crippen LogP) is 4.23. The predicted molar refractivity (Wildman–Crippen MR) is 129 cm³/mol. The molecule has 0 aliphatic carbocycles. The van der Waals surface area contributed by atoms with Gasteiger partial charge in [-0.15, -0.1) is 0 Å². The van der Waals surface area contributed by atoms with Crippen LogP contribution in [0.2, 0.25) is 0 Å². The molecule has 1 aromatic heterocycles. The van der Waals surface area contributed by atoms with Crippen LogP contribution < -0.4 is 9.64 Å². The first-order chi connectivity index (χ1) is 15.4. The number of carbonyl (C=O) groups excluding carboxylic acids is 1. The Kier molecular flexibility index (Phi) is 8.06. The van der Waals surface area contributed by atoms with Crippen molar-refractivity contribution in [1.29, 1.82) is 0 Å². The largest absolute Gasteiger partial charge is 0.497 e. The summed E-state index contributed by atoms with van der Waals surface area (Å²) >= 11 is 0. The fourth-order valence-electron chi connectivity index (χ4n) is 3.67. The van der Waals surface area contributed by atoms with Crippen molar-refractivity contribution in [2.75, 3.05) is 46.4 Å². The Balaban J connectivity index is 1.83. The molecule has 1 heterocycles. The van der Waals surface area contributed by atoms with Crippen LogP contribution in [0.5, 0.6) is 5.75 Å². The van der Waals surface area contributed by atoms with Crippen molar-refractivity contribution in [2.24, 2.45) is 0 Å². The van der Waals surface area contributed by atoms with Crippen molar-refractivity contribution in [3.8, 4) is 5.75 Å². The summed E-state index contributed by atoms with van der Waals surface area (Å²) in [4.78, 5) is 21.9. The third-order valence-electron chi connectivity index (χ3n) is 5.53. The normalized spacial score (nSPS) is 10.9. The van der Waals surface area contributed by atoms with Gasteiger partial charge in [-0.1, -0.05) is 29.8 Å². The molecular weight excluding hydrogens is 402 g/mol. The summed E-state index contributed by atoms with van der Waals surface area (Å²) in [6.07, 6.45) is 1.18. The van der Waals surface area contributed by atoms with Crippen LogP contribution in [0.4, 0.5) is 5.82 Å². The number of ether oxygens (including phenoxy) is 2. The van der Waals surface area contributed by atoms with Crippen LogP contribution in [0.1, 0.15) is 23.1 Å². The fourth-order valence-corrected chi connectivity index (χ4v) is 3.67. The number of hydrogen-bond donors (Lipinski definition) is 0. The number of benzene rings is 2. The molecule has 2 aromatic carbocycles. The molecule has 0 radical (unpaired) electrons. The molecule has 32 heavy (non-hydrogen) atoms. The molecule has 0 aliphatic heterocycles. The van der Waals surface area contributed by atoms with Crippen molar-refractivity contribution in [3.63, 3.8) is 0 Å². The molecule has 0 spiro atoms. The highest BCUT2D eigenvalue weighted by Gasteiger charge is 2.18. The molecule has 0 saturated carbocycles. The third-order valence-corrected chi connectivity index (χ3v) is 5.53. The smallest absolute Gasteiger partial charge is 0.223 e. The van der Waals surface area contributed by atoms with Gasteiger partial charge >= 0.3 is 0 Å². The number of fused-ring (bicyclic) bond motifs is 1. The lowest BCUT2D eigenvalue weighted by Gasteiger charge is -2.25. The van der Waals surface area contributed by atoms with Crippen molar-refractivity contribution < 1.29 is 14.3 Å². The average molecular weight is 436 g/mol. The molecular formula is C26H33N3O3. The Morgan fingerprint density at radius 1 is 1.03 bits per heavy atom. The van der Waals surface area contributed by atoms with Crippen molar-refractivity contribution >= 4 is 22.6 Å². The van der Waals surface area contributed by atoms with E-state index >= 15 is 0 Å². The van der Waals surface area contributed by atoms with E-state index in [1.165, 1.54) is 11.1 Å². The summed E-state index contributed by atoms with van der Waals surface area (Å²) in [6.45, 7) is 3.58. The molecule has 0 unspecified atom stereocenters. The van der Waals surface area contributed by atoms with Gasteiger partial charge in [-0.05, 0) is 37.1 Å². The van der Waals surface area contributed by atoms with Crippen LogP contribution in [0.15, 0.2) is 48.5 Å². The zero-order valence-corrected chi connectivity index (χ0v) is 19.7. The summed E-state index contributed by atoms with van der Waals surface area (Å²) < 4.78 is 10.6. The Labute approximate surface area is 190 Å². The van der Waals surface area contributed by atoms with Crippen LogP contribution in [-0.4, -0.2) is 57.3 Å². The van der Waals surface area contributed by atoms with E-state index in [4.69, 9.17) is 14.5 Å². The maximum atomic E-state index is 13.1. The lowest BCUT2D eigenvalue weighted by molar-refractivity contribution is -0.132. The van der Waals surface area contributed by atoms with Crippen LogP contribution >= 0.6 is 0 Å². The maximum Gasteiger partial charge on any atom is 0.223 e. The minimum atomic E-state index is 0.113. The van der Waals surface area contributed by atoms with Crippen LogP contribution in [0.3, 0.4) is 0 Å². The van der Waals surface area contributed by atoms with Crippen molar-refractivity contribution in [2.45, 2.75) is 26.3 Å². The van der Waals surface area contributed by atoms with Gasteiger partial charge in [0.1, 0.15) is 11.6 Å². The minimum absolute atomic E-state index is 0.113. The number of aromatic nitrogens is 1. The molecule has 0 saturated heterocycles. The highest BCUT2D eigenvalue weighted by Crippen LogP contribution is 2.27. The van der Waals surface area contributed by atoms with Gasteiger partial charge in [-0.2, -0.15) is 0 Å². The Morgan fingerprint density at radius 3 is 2.44 bits per heavy atom. The van der Waals surface area contributed by atoms with E-state index in [-0.39, 0.29) is 5.91 Å². The monoisotopic (exact) mass is 435 g/mol. The van der Waals surface area contributed by atoms with E-state index < -0.39 is 0 Å². The Morgan fingerprint density at radius 2 is 1.78 bits per heavy atom. The van der Waals surface area contributed by atoms with E-state index in [2.05, 4.69) is 37.3 Å². The molecule has 0 N–H and O–H groups in total. The molecule has 6 nitrogen and oxygen atoms in total. The van der Waals surface area contributed by atoms with Gasteiger partial charge in [0.15, 0.2) is 0 Å². The number of pyridine rings is 1. The number of nitrogens with zero attached hydrogens (tertiary/aromatic N) is 3. The van der Waals surface area contributed by atoms with Crippen molar-refractivity contribution in [1.82, 2.24) is 9.88 Å². The zero-order chi connectivity index (χ0) is 23.1. The van der Waals surface area contributed by atoms with Gasteiger partial charge in [-0.3, -0.25) is 4.79 Å². The van der Waals surface area contributed by atoms with Gasteiger partial charge in [0.25, 0.3) is 0 Å². The molecule has 0 fully saturated rings. The van der Waals surface area contributed by atoms with E-state index in [0.29, 0.717) is 26.1 Å². The quantitative estimate of drug-likeness (QED) is 0.477. The first-order valence-corrected chi connectivity index (χ1v) is 10.9. The standard InChI is InChI=1S/C26H33N3O3/c1-19-6-8-20(9-7-19)10-13-25(30)29(14-15-31-4)18-22-16-21-11-12-23(32-5)17-24(21)27-26(22)28(2)3/h6-9,11-12,16-17H,10,13-15,18H2,1-5H3. The number of amides is 1. The van der Waals surface area contributed by atoms with Gasteiger partial charge < -0.3 is 19.3 Å². The van der Waals surface area contributed by atoms with Crippen LogP contribution in [-0.2, 0) is 22.5 Å². The molecule has 1 amide bonds. The summed E-state index contributed by atoms with van der Waals surface area (Å²) in [5.74, 6) is 1.73. The first kappa shape index (κ1) is 23.5. The Hall–Kier alpha value is -3.12. The van der Waals surface area contributed by atoms with Gasteiger partial charge in [0.2, 0.25) is 5.91 Å². The number of rotatable bonds is 10. The molecule has 3 aromatic rings. The van der Waals surface area contributed by atoms with Crippen LogP contribution in [0, 0.1) is 6.92 Å². The highest BCUT2D eigenvalue weighted by atomic mass is 16.5.